The number of nitrogens with zero attached hydrogens (tertiary/aromatic N) is 1. The standard InChI is InChI=1S/C24H23FN2O4S/c1-31-20-10-6-17(7-11-20)22(26-32(29,30)21-12-8-19(25)9-13-21)16-24(28)27-15-14-18-4-2-3-5-23(18)27/h2-13,22,26H,14-16H2,1H3. The maximum Gasteiger partial charge on any atom is 0.241 e. The summed E-state index contributed by atoms with van der Waals surface area (Å²) in [7, 11) is -2.45. The molecular formula is C24H23FN2O4S. The van der Waals surface area contributed by atoms with Crippen molar-refractivity contribution in [1.82, 2.24) is 4.72 Å². The zero-order chi connectivity index (χ0) is 22.7. The van der Waals surface area contributed by atoms with E-state index in [1.54, 1.807) is 29.2 Å². The minimum absolute atomic E-state index is 0.0684. The van der Waals surface area contributed by atoms with Crippen LogP contribution in [0.3, 0.4) is 0 Å². The first-order valence-corrected chi connectivity index (χ1v) is 11.7. The number of sulfonamides is 1. The number of amides is 1. The maximum absolute atomic E-state index is 13.3. The summed E-state index contributed by atoms with van der Waals surface area (Å²) in [4.78, 5) is 14.8. The lowest BCUT2D eigenvalue weighted by atomic mass is 10.0. The van der Waals surface area contributed by atoms with E-state index >= 15 is 0 Å². The van der Waals surface area contributed by atoms with Crippen molar-refractivity contribution in [3.63, 3.8) is 0 Å². The lowest BCUT2D eigenvalue weighted by Gasteiger charge is -2.23. The Labute approximate surface area is 186 Å². The summed E-state index contributed by atoms with van der Waals surface area (Å²) < 4.78 is 47.0. The molecule has 4 rings (SSSR count). The molecule has 1 N–H and O–H groups in total. The summed E-state index contributed by atoms with van der Waals surface area (Å²) in [5, 5.41) is 0. The lowest BCUT2D eigenvalue weighted by Crippen LogP contribution is -2.35. The van der Waals surface area contributed by atoms with Crippen LogP contribution in [0.2, 0.25) is 0 Å². The predicted molar refractivity (Wildman–Crippen MR) is 120 cm³/mol. The molecule has 3 aromatic carbocycles. The van der Waals surface area contributed by atoms with Crippen LogP contribution in [0, 0.1) is 5.82 Å². The second-order valence-corrected chi connectivity index (χ2v) is 9.24. The number of fused-ring (bicyclic) bond motifs is 1. The molecule has 0 aliphatic carbocycles. The summed E-state index contributed by atoms with van der Waals surface area (Å²) in [6.45, 7) is 0.554. The molecule has 0 spiro atoms. The molecule has 32 heavy (non-hydrogen) atoms. The second kappa shape index (κ2) is 9.10. The van der Waals surface area contributed by atoms with Crippen LogP contribution in [-0.4, -0.2) is 28.0 Å². The van der Waals surface area contributed by atoms with Crippen molar-refractivity contribution in [1.29, 1.82) is 0 Å². The fourth-order valence-corrected chi connectivity index (χ4v) is 5.04. The molecule has 0 aromatic heterocycles. The number of para-hydroxylation sites is 1. The van der Waals surface area contributed by atoms with E-state index in [0.717, 1.165) is 29.8 Å². The maximum atomic E-state index is 13.3. The number of benzene rings is 3. The van der Waals surface area contributed by atoms with Crippen LogP contribution in [0.5, 0.6) is 5.75 Å². The van der Waals surface area contributed by atoms with Crippen LogP contribution in [-0.2, 0) is 21.2 Å². The predicted octanol–water partition coefficient (Wildman–Crippen LogP) is 3.83. The minimum Gasteiger partial charge on any atom is -0.497 e. The number of methoxy groups -OCH3 is 1. The lowest BCUT2D eigenvalue weighted by molar-refractivity contribution is -0.118. The Morgan fingerprint density at radius 3 is 2.44 bits per heavy atom. The SMILES string of the molecule is COc1ccc(C(CC(=O)N2CCc3ccccc32)NS(=O)(=O)c2ccc(F)cc2)cc1. The third-order valence-corrected chi connectivity index (χ3v) is 6.99. The number of hydrogen-bond donors (Lipinski definition) is 1. The first-order chi connectivity index (χ1) is 15.4. The van der Waals surface area contributed by atoms with E-state index in [4.69, 9.17) is 4.74 Å². The van der Waals surface area contributed by atoms with Gasteiger partial charge in [0.25, 0.3) is 0 Å². The fraction of sp³-hybridized carbons (Fsp3) is 0.208. The molecule has 0 bridgehead atoms. The van der Waals surface area contributed by atoms with Crippen molar-refractivity contribution in [2.45, 2.75) is 23.8 Å². The van der Waals surface area contributed by atoms with Crippen molar-refractivity contribution in [2.75, 3.05) is 18.6 Å². The third kappa shape index (κ3) is 4.66. The van der Waals surface area contributed by atoms with Crippen molar-refractivity contribution in [3.8, 4) is 5.75 Å². The van der Waals surface area contributed by atoms with E-state index in [0.29, 0.717) is 17.9 Å². The molecule has 0 fully saturated rings. The Morgan fingerprint density at radius 1 is 1.06 bits per heavy atom. The molecule has 1 amide bonds. The van der Waals surface area contributed by atoms with E-state index in [1.807, 2.05) is 24.3 Å². The van der Waals surface area contributed by atoms with Gasteiger partial charge in [-0.05, 0) is 60.0 Å². The topological polar surface area (TPSA) is 75.7 Å². The average molecular weight is 455 g/mol. The average Bonchev–Trinajstić information content (AvgIpc) is 3.23. The highest BCUT2D eigenvalue weighted by atomic mass is 32.2. The van der Waals surface area contributed by atoms with Gasteiger partial charge in [0.15, 0.2) is 0 Å². The van der Waals surface area contributed by atoms with Crippen LogP contribution in [0.1, 0.15) is 23.6 Å². The summed E-state index contributed by atoms with van der Waals surface area (Å²) in [5.41, 5.74) is 2.57. The molecule has 166 valence electrons. The van der Waals surface area contributed by atoms with Gasteiger partial charge in [0.1, 0.15) is 11.6 Å². The molecule has 0 radical (unpaired) electrons. The highest BCUT2D eigenvalue weighted by Crippen LogP contribution is 2.30. The van der Waals surface area contributed by atoms with Gasteiger partial charge in [0, 0.05) is 18.7 Å². The number of ether oxygens (including phenoxy) is 1. The van der Waals surface area contributed by atoms with Gasteiger partial charge in [-0.2, -0.15) is 0 Å². The Hall–Kier alpha value is -3.23. The van der Waals surface area contributed by atoms with Crippen molar-refractivity contribution >= 4 is 21.6 Å². The number of nitrogens with one attached hydrogen (secondary N) is 1. The van der Waals surface area contributed by atoms with Crippen molar-refractivity contribution in [3.05, 3.63) is 89.7 Å². The number of rotatable bonds is 7. The van der Waals surface area contributed by atoms with Crippen molar-refractivity contribution < 1.29 is 22.3 Å². The summed E-state index contributed by atoms with van der Waals surface area (Å²) in [6, 6.07) is 18.3. The van der Waals surface area contributed by atoms with Gasteiger partial charge in [0.05, 0.1) is 18.0 Å². The molecule has 0 saturated heterocycles. The zero-order valence-electron chi connectivity index (χ0n) is 17.5. The molecule has 8 heteroatoms. The van der Waals surface area contributed by atoms with Gasteiger partial charge in [-0.1, -0.05) is 30.3 Å². The molecule has 3 aromatic rings. The third-order valence-electron chi connectivity index (χ3n) is 5.51. The summed E-state index contributed by atoms with van der Waals surface area (Å²) in [5.74, 6) is -0.0928. The number of anilines is 1. The number of hydrogen-bond acceptors (Lipinski definition) is 4. The second-order valence-electron chi connectivity index (χ2n) is 7.53. The first-order valence-electron chi connectivity index (χ1n) is 10.2. The highest BCUT2D eigenvalue weighted by molar-refractivity contribution is 7.89. The largest absolute Gasteiger partial charge is 0.497 e. The smallest absolute Gasteiger partial charge is 0.241 e. The molecular weight excluding hydrogens is 431 g/mol. The zero-order valence-corrected chi connectivity index (χ0v) is 18.3. The molecule has 1 aliphatic heterocycles. The van der Waals surface area contributed by atoms with Crippen LogP contribution < -0.4 is 14.4 Å². The summed E-state index contributed by atoms with van der Waals surface area (Å²) >= 11 is 0. The number of halogens is 1. The minimum atomic E-state index is -3.99. The van der Waals surface area contributed by atoms with E-state index in [-0.39, 0.29) is 17.2 Å². The Morgan fingerprint density at radius 2 is 1.75 bits per heavy atom. The number of carbonyl (C=O) groups excluding carboxylic acids is 1. The van der Waals surface area contributed by atoms with E-state index in [2.05, 4.69) is 4.72 Å². The molecule has 1 unspecified atom stereocenters. The fourth-order valence-electron chi connectivity index (χ4n) is 3.81. The van der Waals surface area contributed by atoms with Gasteiger partial charge in [-0.25, -0.2) is 17.5 Å². The normalized spacial score (nSPS) is 14.1. The van der Waals surface area contributed by atoms with Gasteiger partial charge < -0.3 is 9.64 Å². The Balaban J connectivity index is 1.62. The Bertz CT molecular complexity index is 1210. The summed E-state index contributed by atoms with van der Waals surface area (Å²) in [6.07, 6.45) is 0.692. The molecule has 1 aliphatic rings. The molecule has 6 nitrogen and oxygen atoms in total. The molecule has 1 atom stereocenters. The monoisotopic (exact) mass is 454 g/mol. The van der Waals surface area contributed by atoms with E-state index in [1.165, 1.54) is 19.2 Å². The van der Waals surface area contributed by atoms with E-state index in [9.17, 15) is 17.6 Å². The molecule has 1 heterocycles. The molecule has 0 saturated carbocycles. The van der Waals surface area contributed by atoms with Crippen LogP contribution in [0.25, 0.3) is 0 Å². The van der Waals surface area contributed by atoms with Gasteiger partial charge in [0.2, 0.25) is 15.9 Å². The van der Waals surface area contributed by atoms with Gasteiger partial charge >= 0.3 is 0 Å². The van der Waals surface area contributed by atoms with Gasteiger partial charge in [-0.3, -0.25) is 4.79 Å². The quantitative estimate of drug-likeness (QED) is 0.589. The van der Waals surface area contributed by atoms with Crippen LogP contribution in [0.4, 0.5) is 10.1 Å². The first kappa shape index (κ1) is 22.0. The van der Waals surface area contributed by atoms with Gasteiger partial charge in [-0.15, -0.1) is 0 Å². The number of carbonyl (C=O) groups is 1. The highest BCUT2D eigenvalue weighted by Gasteiger charge is 2.29. The van der Waals surface area contributed by atoms with Crippen LogP contribution in [0.15, 0.2) is 77.7 Å². The Kier molecular flexibility index (Phi) is 6.25. The van der Waals surface area contributed by atoms with Crippen molar-refractivity contribution in [2.24, 2.45) is 0 Å². The van der Waals surface area contributed by atoms with Crippen LogP contribution >= 0.6 is 0 Å². The van der Waals surface area contributed by atoms with E-state index < -0.39 is 21.9 Å².